The van der Waals surface area contributed by atoms with Crippen LogP contribution in [0.15, 0.2) is 61.2 Å². The van der Waals surface area contributed by atoms with Gasteiger partial charge in [-0.1, -0.05) is 93.6 Å². The molecule has 0 heterocycles. The molecule has 0 saturated heterocycles. The lowest BCUT2D eigenvalue weighted by Crippen LogP contribution is -2.19. The third-order valence-electron chi connectivity index (χ3n) is 4.94. The predicted molar refractivity (Wildman–Crippen MR) is 121 cm³/mol. The van der Waals surface area contributed by atoms with E-state index in [1.807, 2.05) is 19.9 Å². The van der Waals surface area contributed by atoms with Crippen molar-refractivity contribution in [2.75, 3.05) is 0 Å². The maximum Gasteiger partial charge on any atom is 0.242 e. The number of hydrogen-bond acceptors (Lipinski definition) is 0. The second kappa shape index (κ2) is 10.9. The molecule has 0 unspecified atom stereocenters. The summed E-state index contributed by atoms with van der Waals surface area (Å²) < 4.78 is 23.7. The zero-order chi connectivity index (χ0) is 20.8. The van der Waals surface area contributed by atoms with Crippen molar-refractivity contribution in [2.45, 2.75) is 67.2 Å². The maximum atomic E-state index is 11.9. The normalized spacial score (nSPS) is 10.6. The first-order valence-electron chi connectivity index (χ1n) is 9.21. The summed E-state index contributed by atoms with van der Waals surface area (Å²) >= 11 is 0. The van der Waals surface area contributed by atoms with Gasteiger partial charge in [0.1, 0.15) is 0 Å². The van der Waals surface area contributed by atoms with Gasteiger partial charge in [-0.2, -0.15) is 0 Å². The lowest BCUT2D eigenvalue weighted by Gasteiger charge is -2.28. The number of aryl methyl sites for hydroxylation is 2. The number of alkyl halides is 2. The van der Waals surface area contributed by atoms with Gasteiger partial charge in [-0.3, -0.25) is 0 Å². The molecule has 0 aromatic heterocycles. The molecule has 2 aromatic rings. The molecule has 2 heteroatoms. The van der Waals surface area contributed by atoms with Crippen molar-refractivity contribution in [3.8, 4) is 0 Å². The predicted octanol–water partition coefficient (Wildman–Crippen LogP) is 8.32. The fourth-order valence-corrected chi connectivity index (χ4v) is 2.81. The highest BCUT2D eigenvalue weighted by Crippen LogP contribution is 2.33. The van der Waals surface area contributed by atoms with Gasteiger partial charge in [0.05, 0.1) is 0 Å². The van der Waals surface area contributed by atoms with Gasteiger partial charge in [0, 0.05) is 11.8 Å². The van der Waals surface area contributed by atoms with E-state index in [0.717, 1.165) is 11.1 Å². The first-order valence-corrected chi connectivity index (χ1v) is 9.21. The number of allylic oxidation sites excluding steroid dienone is 2. The highest BCUT2D eigenvalue weighted by molar-refractivity contribution is 5.63. The van der Waals surface area contributed by atoms with Crippen molar-refractivity contribution in [3.63, 3.8) is 0 Å². The van der Waals surface area contributed by atoms with Crippen LogP contribution in [0.25, 0.3) is 5.57 Å². The van der Waals surface area contributed by atoms with Gasteiger partial charge in [0.25, 0.3) is 0 Å². The summed E-state index contributed by atoms with van der Waals surface area (Å²) in [5.41, 5.74) is 7.94. The standard InChI is InChI=1S/C16H22.C9H10F2.CH4/c1-11(2)14-9-8-13(5)15(10-14)16(6,7)12(3)4;1-7-3-2-4-8(5-7)6-9(10)11;/h8-10H,1,3H2,2,4-7H3;2-5,9H,6H2,1H3;1H4. The Morgan fingerprint density at radius 2 is 1.61 bits per heavy atom. The van der Waals surface area contributed by atoms with Crippen molar-refractivity contribution in [1.29, 1.82) is 0 Å². The van der Waals surface area contributed by atoms with E-state index >= 15 is 0 Å². The molecule has 0 amide bonds. The molecule has 0 saturated carbocycles. The third kappa shape index (κ3) is 7.42. The van der Waals surface area contributed by atoms with Crippen molar-refractivity contribution in [2.24, 2.45) is 0 Å². The molecule has 28 heavy (non-hydrogen) atoms. The molecule has 0 N–H and O–H groups in total. The van der Waals surface area contributed by atoms with Crippen molar-refractivity contribution >= 4 is 5.57 Å². The Hall–Kier alpha value is -2.22. The first-order chi connectivity index (χ1) is 12.4. The molecule has 0 aliphatic heterocycles. The Kier molecular flexibility index (Phi) is 10.1. The fraction of sp³-hybridized carbons (Fsp3) is 0.385. The van der Waals surface area contributed by atoms with Crippen LogP contribution in [0.4, 0.5) is 8.78 Å². The number of halogens is 2. The van der Waals surface area contributed by atoms with Gasteiger partial charge >= 0.3 is 0 Å². The largest absolute Gasteiger partial charge is 0.242 e. The number of benzene rings is 2. The minimum atomic E-state index is -2.24. The van der Waals surface area contributed by atoms with Gasteiger partial charge < -0.3 is 0 Å². The van der Waals surface area contributed by atoms with Gasteiger partial charge in [-0.15, -0.1) is 0 Å². The summed E-state index contributed by atoms with van der Waals surface area (Å²) in [6, 6.07) is 13.7. The van der Waals surface area contributed by atoms with Gasteiger partial charge in [0.15, 0.2) is 0 Å². The quantitative estimate of drug-likeness (QED) is 0.453. The molecular formula is C26H36F2. The Labute approximate surface area is 171 Å². The molecule has 0 aliphatic rings. The molecule has 0 nitrogen and oxygen atoms in total. The van der Waals surface area contributed by atoms with E-state index in [9.17, 15) is 8.78 Å². The molecule has 2 aromatic carbocycles. The smallest absolute Gasteiger partial charge is 0.210 e. The Bertz CT molecular complexity index is 798. The van der Waals surface area contributed by atoms with Crippen LogP contribution in [0.3, 0.4) is 0 Å². The van der Waals surface area contributed by atoms with E-state index < -0.39 is 6.43 Å². The molecular weight excluding hydrogens is 350 g/mol. The summed E-state index contributed by atoms with van der Waals surface area (Å²) in [6.07, 6.45) is -2.38. The second-order valence-corrected chi connectivity index (χ2v) is 7.80. The van der Waals surface area contributed by atoms with E-state index in [1.54, 1.807) is 18.2 Å². The number of hydrogen-bond donors (Lipinski definition) is 0. The van der Waals surface area contributed by atoms with Gasteiger partial charge in [-0.05, 0) is 49.9 Å². The van der Waals surface area contributed by atoms with Crippen LogP contribution in [-0.4, -0.2) is 6.43 Å². The zero-order valence-electron chi connectivity index (χ0n) is 17.5. The van der Waals surface area contributed by atoms with Crippen LogP contribution >= 0.6 is 0 Å². The van der Waals surface area contributed by atoms with E-state index in [2.05, 4.69) is 59.1 Å². The summed E-state index contributed by atoms with van der Waals surface area (Å²) in [7, 11) is 0. The summed E-state index contributed by atoms with van der Waals surface area (Å²) in [4.78, 5) is 0. The van der Waals surface area contributed by atoms with Crippen LogP contribution < -0.4 is 0 Å². The van der Waals surface area contributed by atoms with Gasteiger partial charge in [-0.25, -0.2) is 8.78 Å². The topological polar surface area (TPSA) is 0 Å². The van der Waals surface area contributed by atoms with Crippen molar-refractivity contribution < 1.29 is 8.78 Å². The SMILES string of the molecule is C.C=C(C)c1ccc(C)c(C(C)(C)C(=C)C)c1.Cc1cccc(CC(F)F)c1. The van der Waals surface area contributed by atoms with Crippen LogP contribution in [0, 0.1) is 13.8 Å². The van der Waals surface area contributed by atoms with Crippen LogP contribution in [0.1, 0.15) is 62.9 Å². The molecule has 0 atom stereocenters. The monoisotopic (exact) mass is 386 g/mol. The Morgan fingerprint density at radius 3 is 2.07 bits per heavy atom. The number of rotatable bonds is 5. The lowest BCUT2D eigenvalue weighted by molar-refractivity contribution is 0.149. The maximum absolute atomic E-state index is 11.9. The van der Waals surface area contributed by atoms with Gasteiger partial charge in [0.2, 0.25) is 6.43 Å². The first kappa shape index (κ1) is 25.8. The third-order valence-corrected chi connectivity index (χ3v) is 4.94. The zero-order valence-corrected chi connectivity index (χ0v) is 17.5. The average molecular weight is 387 g/mol. The lowest BCUT2D eigenvalue weighted by atomic mass is 9.76. The average Bonchev–Trinajstić information content (AvgIpc) is 2.54. The van der Waals surface area contributed by atoms with Crippen LogP contribution in [0.5, 0.6) is 0 Å². The molecule has 0 bridgehead atoms. The minimum Gasteiger partial charge on any atom is -0.210 e. The van der Waals surface area contributed by atoms with Crippen molar-refractivity contribution in [1.82, 2.24) is 0 Å². The van der Waals surface area contributed by atoms with E-state index in [-0.39, 0.29) is 19.3 Å². The summed E-state index contributed by atoms with van der Waals surface area (Å²) in [5, 5.41) is 0. The van der Waals surface area contributed by atoms with E-state index in [1.165, 1.54) is 22.3 Å². The van der Waals surface area contributed by atoms with E-state index in [0.29, 0.717) is 5.56 Å². The molecule has 2 rings (SSSR count). The highest BCUT2D eigenvalue weighted by Gasteiger charge is 2.23. The molecule has 0 spiro atoms. The second-order valence-electron chi connectivity index (χ2n) is 7.80. The Balaban J connectivity index is 0.000000535. The van der Waals surface area contributed by atoms with Crippen LogP contribution in [0.2, 0.25) is 0 Å². The Morgan fingerprint density at radius 1 is 1.00 bits per heavy atom. The van der Waals surface area contributed by atoms with Crippen molar-refractivity contribution in [3.05, 3.63) is 89.0 Å². The molecule has 0 aliphatic carbocycles. The summed E-state index contributed by atoms with van der Waals surface area (Å²) in [5.74, 6) is 0. The minimum absolute atomic E-state index is 0. The van der Waals surface area contributed by atoms with E-state index in [4.69, 9.17) is 0 Å². The molecule has 154 valence electrons. The fourth-order valence-electron chi connectivity index (χ4n) is 2.81. The highest BCUT2D eigenvalue weighted by atomic mass is 19.3. The van der Waals surface area contributed by atoms with Crippen LogP contribution in [-0.2, 0) is 11.8 Å². The molecule has 0 fully saturated rings. The summed E-state index contributed by atoms with van der Waals surface area (Å²) in [6.45, 7) is 20.7. The molecule has 0 radical (unpaired) electrons.